The minimum Gasteiger partial charge on any atom is -0.481 e. The van der Waals surface area contributed by atoms with Crippen molar-refractivity contribution in [2.75, 3.05) is 14.2 Å². The predicted octanol–water partition coefficient (Wildman–Crippen LogP) is 2.27. The molecule has 1 N–H and O–H groups in total. The van der Waals surface area contributed by atoms with E-state index in [1.807, 2.05) is 0 Å². The van der Waals surface area contributed by atoms with Gasteiger partial charge in [-0.05, 0) is 32.7 Å². The van der Waals surface area contributed by atoms with Crippen LogP contribution in [0.15, 0.2) is 0 Å². The minimum absolute atomic E-state index is 0.104. The molecule has 4 heteroatoms. The maximum atomic E-state index is 11.2. The number of carbonyl (C=O) groups is 1. The fourth-order valence-corrected chi connectivity index (χ4v) is 3.58. The van der Waals surface area contributed by atoms with Gasteiger partial charge in [0.15, 0.2) is 0 Å². The Morgan fingerprint density at radius 1 is 1.33 bits per heavy atom. The van der Waals surface area contributed by atoms with Crippen molar-refractivity contribution in [3.05, 3.63) is 0 Å². The monoisotopic (exact) mass is 255 g/mol. The van der Waals surface area contributed by atoms with Gasteiger partial charge in [0.2, 0.25) is 0 Å². The molecule has 0 saturated heterocycles. The van der Waals surface area contributed by atoms with Crippen molar-refractivity contribution in [3.63, 3.8) is 0 Å². The number of methoxy groups -OCH3 is 1. The Kier molecular flexibility index (Phi) is 4.28. The molecule has 0 spiro atoms. The van der Waals surface area contributed by atoms with Crippen molar-refractivity contribution in [1.29, 1.82) is 0 Å². The zero-order valence-corrected chi connectivity index (χ0v) is 11.5. The van der Waals surface area contributed by atoms with Gasteiger partial charge in [-0.15, -0.1) is 0 Å². The van der Waals surface area contributed by atoms with Crippen molar-refractivity contribution < 1.29 is 14.6 Å². The fraction of sp³-hybridized carbons (Fsp3) is 0.929. The zero-order valence-electron chi connectivity index (χ0n) is 11.5. The highest BCUT2D eigenvalue weighted by atomic mass is 16.5. The maximum Gasteiger partial charge on any atom is 0.305 e. The predicted molar refractivity (Wildman–Crippen MR) is 69.7 cm³/mol. The van der Waals surface area contributed by atoms with Crippen LogP contribution in [-0.4, -0.2) is 47.8 Å². The Bertz CT molecular complexity index is 293. The van der Waals surface area contributed by atoms with E-state index in [9.17, 15) is 9.90 Å². The lowest BCUT2D eigenvalue weighted by atomic mass is 9.75. The van der Waals surface area contributed by atoms with Gasteiger partial charge in [-0.2, -0.15) is 0 Å². The van der Waals surface area contributed by atoms with E-state index in [-0.39, 0.29) is 12.0 Å². The number of carboxylic acid groups (broad SMARTS) is 1. The summed E-state index contributed by atoms with van der Waals surface area (Å²) in [7, 11) is 3.87. The minimum atomic E-state index is -0.661. The molecule has 0 atom stereocenters. The van der Waals surface area contributed by atoms with Crippen LogP contribution in [0.25, 0.3) is 0 Å². The Labute approximate surface area is 109 Å². The number of nitrogens with zero attached hydrogens (tertiary/aromatic N) is 1. The summed E-state index contributed by atoms with van der Waals surface area (Å²) in [5.74, 6) is -0.661. The van der Waals surface area contributed by atoms with Crippen molar-refractivity contribution in [2.45, 2.75) is 69.1 Å². The molecule has 0 aliphatic heterocycles. The third-order valence-corrected chi connectivity index (χ3v) is 4.96. The molecule has 2 aliphatic rings. The first-order valence-electron chi connectivity index (χ1n) is 7.05. The number of hydrogen-bond acceptors (Lipinski definition) is 3. The summed E-state index contributed by atoms with van der Waals surface area (Å²) < 4.78 is 5.32. The zero-order chi connectivity index (χ0) is 13.2. The topological polar surface area (TPSA) is 49.8 Å². The smallest absolute Gasteiger partial charge is 0.305 e. The van der Waals surface area contributed by atoms with Crippen molar-refractivity contribution in [2.24, 2.45) is 0 Å². The normalized spacial score (nSPS) is 31.1. The Hall–Kier alpha value is -0.610. The molecule has 0 aromatic heterocycles. The summed E-state index contributed by atoms with van der Waals surface area (Å²) >= 11 is 0. The summed E-state index contributed by atoms with van der Waals surface area (Å²) in [6, 6.07) is 0.507. The van der Waals surface area contributed by atoms with E-state index in [1.165, 1.54) is 6.42 Å². The van der Waals surface area contributed by atoms with Gasteiger partial charge in [-0.1, -0.05) is 19.3 Å². The Balaban J connectivity index is 2.01. The van der Waals surface area contributed by atoms with E-state index in [0.29, 0.717) is 12.1 Å². The SMILES string of the molecule is COC1CC(N(C)C2(CC(=O)O)CCCCC2)C1. The molecule has 0 amide bonds. The number of hydrogen-bond donors (Lipinski definition) is 1. The first-order chi connectivity index (χ1) is 8.57. The molecular weight excluding hydrogens is 230 g/mol. The first-order valence-corrected chi connectivity index (χ1v) is 7.05. The molecule has 2 rings (SSSR count). The van der Waals surface area contributed by atoms with Crippen LogP contribution < -0.4 is 0 Å². The summed E-state index contributed by atoms with van der Waals surface area (Å²) in [6.07, 6.45) is 8.41. The third kappa shape index (κ3) is 2.69. The van der Waals surface area contributed by atoms with Gasteiger partial charge >= 0.3 is 5.97 Å². The van der Waals surface area contributed by atoms with Crippen LogP contribution in [0.1, 0.15) is 51.4 Å². The fourth-order valence-electron chi connectivity index (χ4n) is 3.58. The van der Waals surface area contributed by atoms with E-state index in [4.69, 9.17) is 4.74 Å². The second-order valence-corrected chi connectivity index (χ2v) is 5.95. The average molecular weight is 255 g/mol. The number of carboxylic acids is 1. The van der Waals surface area contributed by atoms with Gasteiger partial charge in [-0.25, -0.2) is 0 Å². The van der Waals surface area contributed by atoms with Gasteiger partial charge in [0.25, 0.3) is 0 Å². The van der Waals surface area contributed by atoms with Crippen LogP contribution in [0.2, 0.25) is 0 Å². The molecule has 0 aromatic carbocycles. The highest BCUT2D eigenvalue weighted by Crippen LogP contribution is 2.41. The second-order valence-electron chi connectivity index (χ2n) is 5.95. The second kappa shape index (κ2) is 5.57. The molecule has 0 bridgehead atoms. The highest BCUT2D eigenvalue weighted by Gasteiger charge is 2.44. The standard InChI is InChI=1S/C14H25NO3/c1-15(11-8-12(9-11)18-2)14(10-13(16)17)6-4-3-5-7-14/h11-12H,3-10H2,1-2H3,(H,16,17). The summed E-state index contributed by atoms with van der Waals surface area (Å²) in [5, 5.41) is 9.20. The first kappa shape index (κ1) is 13.8. The van der Waals surface area contributed by atoms with E-state index in [2.05, 4.69) is 11.9 Å². The summed E-state index contributed by atoms with van der Waals surface area (Å²) in [6.45, 7) is 0. The van der Waals surface area contributed by atoms with Crippen LogP contribution in [0, 0.1) is 0 Å². The number of aliphatic carboxylic acids is 1. The molecule has 2 fully saturated rings. The quantitative estimate of drug-likeness (QED) is 0.818. The molecule has 4 nitrogen and oxygen atoms in total. The highest BCUT2D eigenvalue weighted by molar-refractivity contribution is 5.68. The Morgan fingerprint density at radius 2 is 1.94 bits per heavy atom. The Morgan fingerprint density at radius 3 is 2.44 bits per heavy atom. The van der Waals surface area contributed by atoms with Crippen LogP contribution in [0.3, 0.4) is 0 Å². The van der Waals surface area contributed by atoms with Gasteiger partial charge in [0, 0.05) is 18.7 Å². The number of rotatable bonds is 5. The van der Waals surface area contributed by atoms with E-state index in [0.717, 1.165) is 38.5 Å². The van der Waals surface area contributed by atoms with Crippen molar-refractivity contribution in [1.82, 2.24) is 4.90 Å². The summed E-state index contributed by atoms with van der Waals surface area (Å²) in [4.78, 5) is 13.5. The molecule has 2 saturated carbocycles. The average Bonchev–Trinajstić information content (AvgIpc) is 2.27. The summed E-state index contributed by atoms with van der Waals surface area (Å²) in [5.41, 5.74) is -0.104. The lowest BCUT2D eigenvalue weighted by Gasteiger charge is -2.52. The molecule has 104 valence electrons. The molecule has 0 aromatic rings. The maximum absolute atomic E-state index is 11.2. The van der Waals surface area contributed by atoms with E-state index >= 15 is 0 Å². The van der Waals surface area contributed by atoms with Gasteiger partial charge in [0.05, 0.1) is 12.5 Å². The number of ether oxygens (including phenoxy) is 1. The van der Waals surface area contributed by atoms with Crippen molar-refractivity contribution >= 4 is 5.97 Å². The van der Waals surface area contributed by atoms with Gasteiger partial charge in [0.1, 0.15) is 0 Å². The van der Waals surface area contributed by atoms with Gasteiger partial charge < -0.3 is 9.84 Å². The molecule has 0 heterocycles. The largest absolute Gasteiger partial charge is 0.481 e. The molecular formula is C14H25NO3. The van der Waals surface area contributed by atoms with Crippen LogP contribution in [-0.2, 0) is 9.53 Å². The molecule has 2 aliphatic carbocycles. The van der Waals surface area contributed by atoms with Crippen LogP contribution >= 0.6 is 0 Å². The molecule has 0 radical (unpaired) electrons. The lowest BCUT2D eigenvalue weighted by Crippen LogP contribution is -2.58. The van der Waals surface area contributed by atoms with E-state index in [1.54, 1.807) is 7.11 Å². The van der Waals surface area contributed by atoms with Crippen molar-refractivity contribution in [3.8, 4) is 0 Å². The molecule has 0 unspecified atom stereocenters. The third-order valence-electron chi connectivity index (χ3n) is 4.96. The van der Waals surface area contributed by atoms with E-state index < -0.39 is 5.97 Å². The lowest BCUT2D eigenvalue weighted by molar-refractivity contribution is -0.143. The van der Waals surface area contributed by atoms with Crippen LogP contribution in [0.5, 0.6) is 0 Å². The molecule has 18 heavy (non-hydrogen) atoms. The van der Waals surface area contributed by atoms with Gasteiger partial charge in [-0.3, -0.25) is 9.69 Å². The van der Waals surface area contributed by atoms with Crippen LogP contribution in [0.4, 0.5) is 0 Å².